The highest BCUT2D eigenvalue weighted by Crippen LogP contribution is 2.30. The van der Waals surface area contributed by atoms with Gasteiger partial charge in [0.1, 0.15) is 5.75 Å². The first-order valence-electron chi connectivity index (χ1n) is 9.04. The summed E-state index contributed by atoms with van der Waals surface area (Å²) in [6, 6.07) is 18.3. The number of carbonyl (C=O) groups is 1. The average molecular weight is 353 g/mol. The lowest BCUT2D eigenvalue weighted by Gasteiger charge is -2.37. The summed E-state index contributed by atoms with van der Waals surface area (Å²) >= 11 is 0. The molecule has 1 saturated heterocycles. The minimum atomic E-state index is 0.133. The highest BCUT2D eigenvalue weighted by atomic mass is 16.5. The normalized spacial score (nSPS) is 17.7. The van der Waals surface area contributed by atoms with E-state index in [-0.39, 0.29) is 11.9 Å². The fourth-order valence-electron chi connectivity index (χ4n) is 3.42. The molecule has 1 N–H and O–H groups in total. The highest BCUT2D eigenvalue weighted by Gasteiger charge is 2.28. The molecule has 1 amide bonds. The second-order valence-corrected chi connectivity index (χ2v) is 6.67. The summed E-state index contributed by atoms with van der Waals surface area (Å²) in [6.07, 6.45) is 0. The first-order valence-corrected chi connectivity index (χ1v) is 9.04. The van der Waals surface area contributed by atoms with Gasteiger partial charge in [-0.2, -0.15) is 0 Å². The number of nitrogens with one attached hydrogen (secondary N) is 1. The number of carbonyl (C=O) groups excluding carboxylic acids is 1. The Morgan fingerprint density at radius 3 is 2.69 bits per heavy atom. The first-order chi connectivity index (χ1) is 12.7. The van der Waals surface area contributed by atoms with Crippen LogP contribution in [0.2, 0.25) is 0 Å². The summed E-state index contributed by atoms with van der Waals surface area (Å²) in [5.41, 5.74) is 2.27. The van der Waals surface area contributed by atoms with Crippen LogP contribution in [0.3, 0.4) is 0 Å². The van der Waals surface area contributed by atoms with Crippen molar-refractivity contribution >= 4 is 5.91 Å². The molecule has 0 bridgehead atoms. The lowest BCUT2D eigenvalue weighted by atomic mass is 10.0. The van der Waals surface area contributed by atoms with Crippen molar-refractivity contribution < 1.29 is 9.53 Å². The van der Waals surface area contributed by atoms with E-state index in [1.54, 1.807) is 12.0 Å². The van der Waals surface area contributed by atoms with Crippen LogP contribution in [0.4, 0.5) is 0 Å². The van der Waals surface area contributed by atoms with Crippen LogP contribution < -0.4 is 10.1 Å². The molecule has 0 radical (unpaired) electrons. The zero-order valence-corrected chi connectivity index (χ0v) is 15.5. The Bertz CT molecular complexity index is 720. The molecule has 5 heteroatoms. The van der Waals surface area contributed by atoms with Crippen LogP contribution in [0.1, 0.15) is 17.2 Å². The maximum atomic E-state index is 12.8. The summed E-state index contributed by atoms with van der Waals surface area (Å²) in [6.45, 7) is 3.59. The third-order valence-corrected chi connectivity index (χ3v) is 4.88. The number of methoxy groups -OCH3 is 1. The monoisotopic (exact) mass is 353 g/mol. The number of likely N-dealkylation sites (N-methyl/N-ethyl adjacent to an activating group) is 1. The third kappa shape index (κ3) is 4.42. The lowest BCUT2D eigenvalue weighted by molar-refractivity contribution is -0.132. The average Bonchev–Trinajstić information content (AvgIpc) is 2.69. The number of piperazine rings is 1. The van der Waals surface area contributed by atoms with Crippen LogP contribution in [-0.2, 0) is 11.3 Å². The van der Waals surface area contributed by atoms with Gasteiger partial charge < -0.3 is 15.0 Å². The van der Waals surface area contributed by atoms with Crippen molar-refractivity contribution in [3.05, 3.63) is 65.7 Å². The molecule has 0 aromatic heterocycles. The molecule has 1 heterocycles. The van der Waals surface area contributed by atoms with Crippen LogP contribution in [0, 0.1) is 0 Å². The van der Waals surface area contributed by atoms with Crippen LogP contribution in [-0.4, -0.2) is 56.0 Å². The number of rotatable bonds is 6. The summed E-state index contributed by atoms with van der Waals surface area (Å²) < 4.78 is 5.53. The van der Waals surface area contributed by atoms with Crippen molar-refractivity contribution in [1.82, 2.24) is 15.1 Å². The van der Waals surface area contributed by atoms with Crippen LogP contribution >= 0.6 is 0 Å². The standard InChI is InChI=1S/C21H27N3O2/c1-23(15-17-8-4-3-5-9-17)21(25)16-24-13-12-22-14-19(24)18-10-6-7-11-20(18)26-2/h3-11,19,22H,12-16H2,1-2H3. The molecule has 26 heavy (non-hydrogen) atoms. The smallest absolute Gasteiger partial charge is 0.236 e. The molecule has 0 saturated carbocycles. The van der Waals surface area contributed by atoms with Gasteiger partial charge in [-0.15, -0.1) is 0 Å². The van der Waals surface area contributed by atoms with Gasteiger partial charge >= 0.3 is 0 Å². The minimum Gasteiger partial charge on any atom is -0.496 e. The predicted molar refractivity (Wildman–Crippen MR) is 103 cm³/mol. The molecule has 1 fully saturated rings. The highest BCUT2D eigenvalue weighted by molar-refractivity contribution is 5.78. The van der Waals surface area contributed by atoms with E-state index in [1.807, 2.05) is 55.6 Å². The minimum absolute atomic E-state index is 0.133. The van der Waals surface area contributed by atoms with E-state index in [4.69, 9.17) is 4.74 Å². The number of para-hydroxylation sites is 1. The topological polar surface area (TPSA) is 44.8 Å². The van der Waals surface area contributed by atoms with Crippen molar-refractivity contribution in [3.63, 3.8) is 0 Å². The van der Waals surface area contributed by atoms with Gasteiger partial charge in [0.05, 0.1) is 19.7 Å². The van der Waals surface area contributed by atoms with E-state index < -0.39 is 0 Å². The molecule has 3 rings (SSSR count). The molecular weight excluding hydrogens is 326 g/mol. The van der Waals surface area contributed by atoms with Gasteiger partial charge in [0.15, 0.2) is 0 Å². The van der Waals surface area contributed by atoms with Gasteiger partial charge in [0.25, 0.3) is 0 Å². The Labute approximate surface area is 155 Å². The largest absolute Gasteiger partial charge is 0.496 e. The van der Waals surface area contributed by atoms with Crippen molar-refractivity contribution in [2.75, 3.05) is 40.3 Å². The van der Waals surface area contributed by atoms with Crippen molar-refractivity contribution in [3.8, 4) is 5.75 Å². The van der Waals surface area contributed by atoms with Gasteiger partial charge in [0.2, 0.25) is 5.91 Å². The molecule has 1 atom stereocenters. The molecule has 1 aliphatic heterocycles. The number of hydrogen-bond donors (Lipinski definition) is 1. The molecule has 2 aromatic rings. The molecule has 0 spiro atoms. The Balaban J connectivity index is 1.69. The number of amides is 1. The van der Waals surface area contributed by atoms with Gasteiger partial charge in [0, 0.05) is 38.8 Å². The number of ether oxygens (including phenoxy) is 1. The summed E-state index contributed by atoms with van der Waals surface area (Å²) in [5, 5.41) is 3.43. The van der Waals surface area contributed by atoms with Gasteiger partial charge in [-0.1, -0.05) is 48.5 Å². The van der Waals surface area contributed by atoms with E-state index in [9.17, 15) is 4.79 Å². The maximum Gasteiger partial charge on any atom is 0.236 e. The summed E-state index contributed by atoms with van der Waals surface area (Å²) in [5.74, 6) is 1.01. The van der Waals surface area contributed by atoms with Crippen molar-refractivity contribution in [2.24, 2.45) is 0 Å². The lowest BCUT2D eigenvalue weighted by Crippen LogP contribution is -2.49. The Kier molecular flexibility index (Phi) is 6.26. The zero-order valence-electron chi connectivity index (χ0n) is 15.5. The quantitative estimate of drug-likeness (QED) is 0.866. The maximum absolute atomic E-state index is 12.8. The Morgan fingerprint density at radius 1 is 1.19 bits per heavy atom. The van der Waals surface area contributed by atoms with Crippen LogP contribution in [0.15, 0.2) is 54.6 Å². The molecule has 1 unspecified atom stereocenters. The first kappa shape index (κ1) is 18.4. The number of benzene rings is 2. The van der Waals surface area contributed by atoms with Gasteiger partial charge in [-0.05, 0) is 11.6 Å². The second-order valence-electron chi connectivity index (χ2n) is 6.67. The fraction of sp³-hybridized carbons (Fsp3) is 0.381. The molecule has 0 aliphatic carbocycles. The SMILES string of the molecule is COc1ccccc1C1CNCCN1CC(=O)N(C)Cc1ccccc1. The van der Waals surface area contributed by atoms with E-state index in [2.05, 4.69) is 16.3 Å². The molecule has 1 aliphatic rings. The predicted octanol–water partition coefficient (Wildman–Crippen LogP) is 2.30. The number of hydrogen-bond acceptors (Lipinski definition) is 4. The molecule has 5 nitrogen and oxygen atoms in total. The fourth-order valence-corrected chi connectivity index (χ4v) is 3.42. The zero-order chi connectivity index (χ0) is 18.4. The third-order valence-electron chi connectivity index (χ3n) is 4.88. The second kappa shape index (κ2) is 8.83. The van der Waals surface area contributed by atoms with Crippen molar-refractivity contribution in [2.45, 2.75) is 12.6 Å². The van der Waals surface area contributed by atoms with Crippen LogP contribution in [0.25, 0.3) is 0 Å². The molecular formula is C21H27N3O2. The van der Waals surface area contributed by atoms with Crippen LogP contribution in [0.5, 0.6) is 5.75 Å². The number of nitrogens with zero attached hydrogens (tertiary/aromatic N) is 2. The van der Waals surface area contributed by atoms with E-state index in [1.165, 1.54) is 0 Å². The van der Waals surface area contributed by atoms with Gasteiger partial charge in [-0.25, -0.2) is 0 Å². The van der Waals surface area contributed by atoms with Gasteiger partial charge in [-0.3, -0.25) is 9.69 Å². The Hall–Kier alpha value is -2.37. The van der Waals surface area contributed by atoms with E-state index in [0.29, 0.717) is 13.1 Å². The Morgan fingerprint density at radius 2 is 1.92 bits per heavy atom. The molecule has 2 aromatic carbocycles. The van der Waals surface area contributed by atoms with E-state index >= 15 is 0 Å². The van der Waals surface area contributed by atoms with E-state index in [0.717, 1.165) is 36.5 Å². The summed E-state index contributed by atoms with van der Waals surface area (Å²) in [7, 11) is 3.56. The van der Waals surface area contributed by atoms with Crippen molar-refractivity contribution in [1.29, 1.82) is 0 Å². The summed E-state index contributed by atoms with van der Waals surface area (Å²) in [4.78, 5) is 16.8. The molecule has 138 valence electrons.